The minimum absolute atomic E-state index is 0.852. The molecular formula is C44H28N4S. The van der Waals surface area contributed by atoms with Crippen molar-refractivity contribution in [2.24, 2.45) is 0 Å². The van der Waals surface area contributed by atoms with Gasteiger partial charge in [-0.25, -0.2) is 0 Å². The van der Waals surface area contributed by atoms with Crippen LogP contribution in [0.4, 0.5) is 0 Å². The van der Waals surface area contributed by atoms with Crippen LogP contribution in [0.1, 0.15) is 0 Å². The van der Waals surface area contributed by atoms with Gasteiger partial charge in [-0.1, -0.05) is 127 Å². The number of hydrogen-bond acceptors (Lipinski definition) is 5. The third-order valence-corrected chi connectivity index (χ3v) is 10.1. The molecule has 0 fully saturated rings. The first-order valence-corrected chi connectivity index (χ1v) is 17.0. The van der Waals surface area contributed by atoms with E-state index in [4.69, 9.17) is 0 Å². The first kappa shape index (κ1) is 28.9. The van der Waals surface area contributed by atoms with Crippen LogP contribution in [-0.4, -0.2) is 20.4 Å². The fraction of sp³-hybridized carbons (Fsp3) is 0. The fourth-order valence-electron chi connectivity index (χ4n) is 6.40. The molecule has 5 heteroatoms. The van der Waals surface area contributed by atoms with Crippen LogP contribution in [0.5, 0.6) is 0 Å². The van der Waals surface area contributed by atoms with Crippen LogP contribution in [0.25, 0.3) is 87.5 Å². The van der Waals surface area contributed by atoms with Crippen LogP contribution in [0.15, 0.2) is 170 Å². The Labute approximate surface area is 288 Å². The molecule has 3 aromatic heterocycles. The van der Waals surface area contributed by atoms with Crippen LogP contribution in [0, 0.1) is 0 Å². The lowest BCUT2D eigenvalue weighted by Gasteiger charge is -2.11. The van der Waals surface area contributed by atoms with E-state index in [1.54, 1.807) is 0 Å². The van der Waals surface area contributed by atoms with E-state index in [0.29, 0.717) is 0 Å². The lowest BCUT2D eigenvalue weighted by molar-refractivity contribution is 1.04. The molecule has 0 spiro atoms. The average Bonchev–Trinajstić information content (AvgIpc) is 3.57. The maximum atomic E-state index is 4.55. The van der Waals surface area contributed by atoms with Crippen molar-refractivity contribution in [1.82, 2.24) is 20.4 Å². The molecule has 3 heterocycles. The number of rotatable bonds is 6. The van der Waals surface area contributed by atoms with E-state index in [9.17, 15) is 0 Å². The third kappa shape index (κ3) is 5.56. The summed E-state index contributed by atoms with van der Waals surface area (Å²) in [6, 6.07) is 59.1. The van der Waals surface area contributed by atoms with E-state index < -0.39 is 0 Å². The molecule has 0 unspecified atom stereocenters. The van der Waals surface area contributed by atoms with Crippen molar-refractivity contribution in [2.75, 3.05) is 0 Å². The second kappa shape index (κ2) is 12.4. The largest absolute Gasteiger partial charge is 0.150 e. The number of fused-ring (bicyclic) bond motifs is 3. The van der Waals surface area contributed by atoms with E-state index in [1.807, 2.05) is 84.1 Å². The summed E-state index contributed by atoms with van der Waals surface area (Å²) in [4.78, 5) is 0. The number of aromatic nitrogens is 4. The van der Waals surface area contributed by atoms with E-state index in [-0.39, 0.29) is 0 Å². The molecule has 0 aliphatic rings. The summed E-state index contributed by atoms with van der Waals surface area (Å²) in [5, 5.41) is 20.7. The summed E-state index contributed by atoms with van der Waals surface area (Å²) in [6.07, 6.45) is 0. The van der Waals surface area contributed by atoms with Crippen LogP contribution < -0.4 is 0 Å². The van der Waals surface area contributed by atoms with E-state index >= 15 is 0 Å². The standard InChI is InChI=1S/C44H28N4S/c1-3-9-31(10-4-1)38-23-25-40(47-45-38)33-19-15-29(16-20-33)35-27-37(44-36-13-7-8-14-42(36)49-43(44)28-35)30-17-21-34(22-18-30)41-26-24-39(46-48-41)32-11-5-2-6-12-32/h1-28H. The lowest BCUT2D eigenvalue weighted by Crippen LogP contribution is -1.91. The van der Waals surface area contributed by atoms with Gasteiger partial charge in [-0.3, -0.25) is 0 Å². The highest BCUT2D eigenvalue weighted by Crippen LogP contribution is 2.43. The highest BCUT2D eigenvalue weighted by Gasteiger charge is 2.15. The summed E-state index contributed by atoms with van der Waals surface area (Å²) >= 11 is 1.84. The zero-order valence-corrected chi connectivity index (χ0v) is 27.2. The third-order valence-electron chi connectivity index (χ3n) is 8.95. The molecule has 230 valence electrons. The maximum absolute atomic E-state index is 4.55. The molecule has 0 saturated heterocycles. The number of nitrogens with zero attached hydrogens (tertiary/aromatic N) is 4. The van der Waals surface area contributed by atoms with Gasteiger partial charge in [0.2, 0.25) is 0 Å². The molecule has 4 nitrogen and oxygen atoms in total. The van der Waals surface area contributed by atoms with Gasteiger partial charge in [-0.05, 0) is 64.7 Å². The van der Waals surface area contributed by atoms with Crippen molar-refractivity contribution in [1.29, 1.82) is 0 Å². The molecule has 0 radical (unpaired) electrons. The van der Waals surface area contributed by atoms with Gasteiger partial charge < -0.3 is 0 Å². The Morgan fingerprint density at radius 2 is 0.735 bits per heavy atom. The molecule has 6 aromatic carbocycles. The lowest BCUT2D eigenvalue weighted by atomic mass is 9.93. The van der Waals surface area contributed by atoms with Gasteiger partial charge in [0.15, 0.2) is 0 Å². The fourth-order valence-corrected chi connectivity index (χ4v) is 7.57. The average molecular weight is 645 g/mol. The van der Waals surface area contributed by atoms with Gasteiger partial charge in [0, 0.05) is 42.4 Å². The van der Waals surface area contributed by atoms with Crippen molar-refractivity contribution in [3.8, 4) is 67.3 Å². The van der Waals surface area contributed by atoms with E-state index in [2.05, 4.69) is 117 Å². The Morgan fingerprint density at radius 3 is 1.24 bits per heavy atom. The molecule has 0 aliphatic heterocycles. The summed E-state index contributed by atoms with van der Waals surface area (Å²) in [7, 11) is 0. The molecule has 49 heavy (non-hydrogen) atoms. The Morgan fingerprint density at radius 1 is 0.306 bits per heavy atom. The van der Waals surface area contributed by atoms with E-state index in [0.717, 1.165) is 50.6 Å². The Kier molecular flexibility index (Phi) is 7.30. The van der Waals surface area contributed by atoms with Crippen molar-refractivity contribution in [2.45, 2.75) is 0 Å². The molecule has 0 saturated carbocycles. The maximum Gasteiger partial charge on any atom is 0.0930 e. The second-order valence-corrected chi connectivity index (χ2v) is 13.1. The molecule has 9 rings (SSSR count). The zero-order valence-electron chi connectivity index (χ0n) is 26.4. The Balaban J connectivity index is 1.06. The van der Waals surface area contributed by atoms with Crippen LogP contribution in [-0.2, 0) is 0 Å². The molecule has 0 amide bonds. The normalized spacial score (nSPS) is 11.3. The van der Waals surface area contributed by atoms with Crippen LogP contribution in [0.2, 0.25) is 0 Å². The van der Waals surface area contributed by atoms with Gasteiger partial charge in [-0.15, -0.1) is 31.7 Å². The first-order chi connectivity index (χ1) is 24.3. The van der Waals surface area contributed by atoms with Crippen molar-refractivity contribution in [3.63, 3.8) is 0 Å². The van der Waals surface area contributed by atoms with Gasteiger partial charge in [0.25, 0.3) is 0 Å². The van der Waals surface area contributed by atoms with Gasteiger partial charge in [0.05, 0.1) is 22.8 Å². The van der Waals surface area contributed by atoms with E-state index in [1.165, 1.54) is 36.9 Å². The number of thiophene rings is 1. The van der Waals surface area contributed by atoms with Crippen molar-refractivity contribution >= 4 is 31.5 Å². The molecule has 0 bridgehead atoms. The minimum atomic E-state index is 0.852. The molecular weight excluding hydrogens is 617 g/mol. The first-order valence-electron chi connectivity index (χ1n) is 16.2. The minimum Gasteiger partial charge on any atom is -0.150 e. The molecule has 0 atom stereocenters. The predicted octanol–water partition coefficient (Wildman–Crippen LogP) is 11.6. The van der Waals surface area contributed by atoms with Crippen LogP contribution in [0.3, 0.4) is 0 Å². The van der Waals surface area contributed by atoms with Gasteiger partial charge in [0.1, 0.15) is 0 Å². The quantitative estimate of drug-likeness (QED) is 0.181. The van der Waals surface area contributed by atoms with Gasteiger partial charge >= 0.3 is 0 Å². The summed E-state index contributed by atoms with van der Waals surface area (Å²) < 4.78 is 2.56. The molecule has 0 N–H and O–H groups in total. The molecule has 9 aromatic rings. The molecule has 0 aliphatic carbocycles. The number of hydrogen-bond donors (Lipinski definition) is 0. The Bertz CT molecular complexity index is 2540. The SMILES string of the molecule is c1ccc(-c2ccc(-c3ccc(-c4cc(-c5ccc(-c6ccc(-c7ccccc7)nn6)cc5)c5c(c4)sc4ccccc45)cc3)nn2)cc1. The van der Waals surface area contributed by atoms with Crippen molar-refractivity contribution < 1.29 is 0 Å². The highest BCUT2D eigenvalue weighted by molar-refractivity contribution is 7.26. The highest BCUT2D eigenvalue weighted by atomic mass is 32.1. The van der Waals surface area contributed by atoms with Crippen LogP contribution >= 0.6 is 11.3 Å². The summed E-state index contributed by atoms with van der Waals surface area (Å²) in [6.45, 7) is 0. The smallest absolute Gasteiger partial charge is 0.0930 e. The zero-order chi connectivity index (χ0) is 32.6. The number of benzene rings is 6. The second-order valence-electron chi connectivity index (χ2n) is 12.0. The monoisotopic (exact) mass is 644 g/mol. The summed E-state index contributed by atoms with van der Waals surface area (Å²) in [5.41, 5.74) is 12.3. The Hall–Kier alpha value is -6.30. The topological polar surface area (TPSA) is 51.6 Å². The van der Waals surface area contributed by atoms with Gasteiger partial charge in [-0.2, -0.15) is 0 Å². The summed E-state index contributed by atoms with van der Waals surface area (Å²) in [5.74, 6) is 0. The predicted molar refractivity (Wildman–Crippen MR) is 203 cm³/mol. The van der Waals surface area contributed by atoms with Crippen molar-refractivity contribution in [3.05, 3.63) is 170 Å².